The molecule has 0 saturated carbocycles. The first-order chi connectivity index (χ1) is 11.9. The van der Waals surface area contributed by atoms with Crippen molar-refractivity contribution >= 4 is 33.3 Å². The Morgan fingerprint density at radius 1 is 1.12 bits per heavy atom. The molecule has 0 amide bonds. The fourth-order valence-electron chi connectivity index (χ4n) is 2.21. The molecule has 0 aliphatic heterocycles. The molecule has 0 saturated heterocycles. The van der Waals surface area contributed by atoms with Crippen molar-refractivity contribution in [2.45, 2.75) is 4.90 Å². The number of benzene rings is 2. The normalized spacial score (nSPS) is 11.2. The average Bonchev–Trinajstić information content (AvgIpc) is 3.08. The van der Waals surface area contributed by atoms with Gasteiger partial charge in [-0.15, -0.1) is 0 Å². The van der Waals surface area contributed by atoms with Crippen LogP contribution in [0.4, 0.5) is 5.69 Å². The lowest BCUT2D eigenvalue weighted by atomic mass is 10.2. The van der Waals surface area contributed by atoms with Crippen LogP contribution in [0.25, 0.3) is 5.69 Å². The summed E-state index contributed by atoms with van der Waals surface area (Å²) in [4.78, 5) is 10.8. The molecule has 2 N–H and O–H groups in total. The fourth-order valence-corrected chi connectivity index (χ4v) is 3.54. The molecule has 3 rings (SSSR count). The molecule has 2 aromatic carbocycles. The SMILES string of the molecule is O=C(O)c1ccc(S(=O)(=O)Nc2cccc(Cl)c2-n2cccn2)cc1. The Hall–Kier alpha value is -2.84. The van der Waals surface area contributed by atoms with E-state index in [1.807, 2.05) is 0 Å². The second kappa shape index (κ2) is 6.58. The highest BCUT2D eigenvalue weighted by atomic mass is 35.5. The molecule has 7 nitrogen and oxygen atoms in total. The zero-order valence-corrected chi connectivity index (χ0v) is 14.2. The third-order valence-electron chi connectivity index (χ3n) is 3.38. The third-order valence-corrected chi connectivity index (χ3v) is 5.06. The van der Waals surface area contributed by atoms with Gasteiger partial charge in [0.15, 0.2) is 0 Å². The molecule has 3 aromatic rings. The summed E-state index contributed by atoms with van der Waals surface area (Å²) in [6, 6.07) is 11.4. The Balaban J connectivity index is 1.99. The maximum atomic E-state index is 12.6. The molecule has 0 fully saturated rings. The molecule has 0 aliphatic rings. The molecule has 1 heterocycles. The van der Waals surface area contributed by atoms with Crippen molar-refractivity contribution in [3.8, 4) is 5.69 Å². The van der Waals surface area contributed by atoms with E-state index < -0.39 is 16.0 Å². The standard InChI is InChI=1S/C16H12ClN3O4S/c17-13-3-1-4-14(15(13)20-10-2-9-18-20)19-25(23,24)12-7-5-11(6-8-12)16(21)22/h1-10,19H,(H,21,22). The predicted molar refractivity (Wildman–Crippen MR) is 92.8 cm³/mol. The fraction of sp³-hybridized carbons (Fsp3) is 0. The number of anilines is 1. The van der Waals surface area contributed by atoms with Crippen LogP contribution in [0, 0.1) is 0 Å². The summed E-state index contributed by atoms with van der Waals surface area (Å²) in [5.41, 5.74) is 0.636. The maximum Gasteiger partial charge on any atom is 0.335 e. The van der Waals surface area contributed by atoms with E-state index >= 15 is 0 Å². The van der Waals surface area contributed by atoms with Crippen molar-refractivity contribution in [1.29, 1.82) is 0 Å². The van der Waals surface area contributed by atoms with Crippen LogP contribution in [0.5, 0.6) is 0 Å². The van der Waals surface area contributed by atoms with Crippen LogP contribution in [0.2, 0.25) is 5.02 Å². The molecular weight excluding hydrogens is 366 g/mol. The van der Waals surface area contributed by atoms with E-state index in [0.29, 0.717) is 10.7 Å². The highest BCUT2D eigenvalue weighted by Crippen LogP contribution is 2.29. The number of nitrogens with zero attached hydrogens (tertiary/aromatic N) is 2. The first kappa shape index (κ1) is 17.0. The molecule has 0 atom stereocenters. The topological polar surface area (TPSA) is 101 Å². The number of aromatic carboxylic acids is 1. The van der Waals surface area contributed by atoms with Crippen molar-refractivity contribution in [3.05, 3.63) is 71.5 Å². The van der Waals surface area contributed by atoms with Crippen LogP contribution < -0.4 is 4.72 Å². The van der Waals surface area contributed by atoms with E-state index in [0.717, 1.165) is 0 Å². The van der Waals surface area contributed by atoms with Crippen molar-refractivity contribution in [2.75, 3.05) is 4.72 Å². The number of hydrogen-bond acceptors (Lipinski definition) is 4. The molecule has 1 aromatic heterocycles. The Morgan fingerprint density at radius 3 is 2.44 bits per heavy atom. The van der Waals surface area contributed by atoms with Crippen LogP contribution in [0.1, 0.15) is 10.4 Å². The minimum absolute atomic E-state index is 0.000985. The second-order valence-electron chi connectivity index (χ2n) is 5.02. The highest BCUT2D eigenvalue weighted by Gasteiger charge is 2.19. The zero-order valence-electron chi connectivity index (χ0n) is 12.6. The Kier molecular flexibility index (Phi) is 4.47. The number of carboxylic acid groups (broad SMARTS) is 1. The average molecular weight is 378 g/mol. The van der Waals surface area contributed by atoms with Crippen LogP contribution >= 0.6 is 11.6 Å². The van der Waals surface area contributed by atoms with E-state index in [4.69, 9.17) is 16.7 Å². The van der Waals surface area contributed by atoms with Gasteiger partial charge >= 0.3 is 5.97 Å². The van der Waals surface area contributed by atoms with Crippen molar-refractivity contribution in [3.63, 3.8) is 0 Å². The van der Waals surface area contributed by atoms with Crippen molar-refractivity contribution in [2.24, 2.45) is 0 Å². The van der Waals surface area contributed by atoms with E-state index in [9.17, 15) is 13.2 Å². The number of hydrogen-bond donors (Lipinski definition) is 2. The summed E-state index contributed by atoms with van der Waals surface area (Å²) in [5, 5.41) is 13.3. The van der Waals surface area contributed by atoms with Gasteiger partial charge in [-0.05, 0) is 42.5 Å². The van der Waals surface area contributed by atoms with Crippen molar-refractivity contribution in [1.82, 2.24) is 9.78 Å². The molecule has 128 valence electrons. The van der Waals surface area contributed by atoms with Crippen molar-refractivity contribution < 1.29 is 18.3 Å². The smallest absolute Gasteiger partial charge is 0.335 e. The zero-order chi connectivity index (χ0) is 18.0. The first-order valence-electron chi connectivity index (χ1n) is 7.03. The number of sulfonamides is 1. The number of carboxylic acids is 1. The van der Waals surface area contributed by atoms with Crippen LogP contribution in [0.3, 0.4) is 0 Å². The maximum absolute atomic E-state index is 12.6. The van der Waals surface area contributed by atoms with E-state index in [2.05, 4.69) is 9.82 Å². The summed E-state index contributed by atoms with van der Waals surface area (Å²) in [6.07, 6.45) is 3.19. The highest BCUT2D eigenvalue weighted by molar-refractivity contribution is 7.92. The lowest BCUT2D eigenvalue weighted by molar-refractivity contribution is 0.0696. The summed E-state index contributed by atoms with van der Waals surface area (Å²) in [7, 11) is -3.93. The molecule has 0 bridgehead atoms. The van der Waals surface area contributed by atoms with Gasteiger partial charge in [0, 0.05) is 12.4 Å². The van der Waals surface area contributed by atoms with Gasteiger partial charge in [0.1, 0.15) is 5.69 Å². The van der Waals surface area contributed by atoms with Crippen LogP contribution in [-0.2, 0) is 10.0 Å². The first-order valence-corrected chi connectivity index (χ1v) is 8.89. The summed E-state index contributed by atoms with van der Waals surface area (Å²) in [6.45, 7) is 0. The van der Waals surface area contributed by atoms with Gasteiger partial charge in [-0.2, -0.15) is 5.10 Å². The lowest BCUT2D eigenvalue weighted by Crippen LogP contribution is -2.15. The molecular formula is C16H12ClN3O4S. The molecule has 0 unspecified atom stereocenters. The molecule has 25 heavy (non-hydrogen) atoms. The number of halogens is 1. The van der Waals surface area contributed by atoms with Gasteiger partial charge in [0.2, 0.25) is 0 Å². The Bertz CT molecular complexity index is 1020. The number of carbonyl (C=O) groups is 1. The van der Waals surface area contributed by atoms with Gasteiger partial charge in [0.05, 0.1) is 21.2 Å². The predicted octanol–water partition coefficient (Wildman–Crippen LogP) is 3.02. The monoisotopic (exact) mass is 377 g/mol. The molecule has 0 spiro atoms. The van der Waals surface area contributed by atoms with E-state index in [-0.39, 0.29) is 16.1 Å². The largest absolute Gasteiger partial charge is 0.478 e. The lowest BCUT2D eigenvalue weighted by Gasteiger charge is -2.14. The number of nitrogens with one attached hydrogen (secondary N) is 1. The molecule has 0 radical (unpaired) electrons. The molecule has 9 heteroatoms. The van der Waals surface area contributed by atoms with Gasteiger partial charge in [-0.1, -0.05) is 17.7 Å². The van der Waals surface area contributed by atoms with Crippen LogP contribution in [0.15, 0.2) is 65.8 Å². The van der Waals surface area contributed by atoms with Gasteiger partial charge in [-0.25, -0.2) is 17.9 Å². The Morgan fingerprint density at radius 2 is 1.84 bits per heavy atom. The summed E-state index contributed by atoms with van der Waals surface area (Å²) >= 11 is 6.19. The van der Waals surface area contributed by atoms with E-state index in [1.165, 1.54) is 28.9 Å². The quantitative estimate of drug-likeness (QED) is 0.711. The number of aromatic nitrogens is 2. The third kappa shape index (κ3) is 3.49. The number of rotatable bonds is 5. The summed E-state index contributed by atoms with van der Waals surface area (Å²) in [5.74, 6) is -1.13. The molecule has 0 aliphatic carbocycles. The van der Waals surface area contributed by atoms with Crippen LogP contribution in [-0.4, -0.2) is 29.3 Å². The van der Waals surface area contributed by atoms with Gasteiger partial charge in [-0.3, -0.25) is 4.72 Å². The van der Waals surface area contributed by atoms with Gasteiger partial charge in [0.25, 0.3) is 10.0 Å². The Labute approximate surface area is 148 Å². The van der Waals surface area contributed by atoms with Gasteiger partial charge < -0.3 is 5.11 Å². The minimum Gasteiger partial charge on any atom is -0.478 e. The minimum atomic E-state index is -3.93. The summed E-state index contributed by atoms with van der Waals surface area (Å²) < 4.78 is 29.1. The number of para-hydroxylation sites is 1. The second-order valence-corrected chi connectivity index (χ2v) is 7.11. The van der Waals surface area contributed by atoms with E-state index in [1.54, 1.807) is 36.7 Å².